The van der Waals surface area contributed by atoms with Gasteiger partial charge in [-0.1, -0.05) is 36.4 Å². The number of carbonyl (C=O) groups is 2. The molecule has 0 heterocycles. The fraction of sp³-hybridized carbons (Fsp3) is 0.263. The smallest absolute Gasteiger partial charge is 0.253 e. The molecule has 0 saturated heterocycles. The summed E-state index contributed by atoms with van der Waals surface area (Å²) in [6, 6.07) is 18.4. The van der Waals surface area contributed by atoms with Crippen molar-refractivity contribution in [1.82, 2.24) is 9.80 Å². The molecule has 2 rings (SSSR count). The number of amides is 2. The molecule has 0 radical (unpaired) electrons. The number of rotatable bonds is 6. The Labute approximate surface area is 137 Å². The van der Waals surface area contributed by atoms with Crippen molar-refractivity contribution in [2.75, 3.05) is 27.2 Å². The van der Waals surface area contributed by atoms with Gasteiger partial charge in [-0.3, -0.25) is 9.59 Å². The molecule has 0 fully saturated rings. The van der Waals surface area contributed by atoms with Crippen LogP contribution in [-0.2, 0) is 0 Å². The summed E-state index contributed by atoms with van der Waals surface area (Å²) in [5.41, 5.74) is 1.37. The summed E-state index contributed by atoms with van der Waals surface area (Å²) < 4.78 is 0. The van der Waals surface area contributed by atoms with E-state index in [2.05, 4.69) is 0 Å². The van der Waals surface area contributed by atoms with Gasteiger partial charge in [0.1, 0.15) is 0 Å². The summed E-state index contributed by atoms with van der Waals surface area (Å²) in [4.78, 5) is 27.8. The van der Waals surface area contributed by atoms with E-state index >= 15 is 0 Å². The first-order chi connectivity index (χ1) is 11.1. The minimum atomic E-state index is 0.00244. The Morgan fingerprint density at radius 3 is 1.39 bits per heavy atom. The van der Waals surface area contributed by atoms with Gasteiger partial charge >= 0.3 is 0 Å². The van der Waals surface area contributed by atoms with Gasteiger partial charge in [0.15, 0.2) is 0 Å². The van der Waals surface area contributed by atoms with E-state index in [1.807, 2.05) is 60.7 Å². The topological polar surface area (TPSA) is 40.6 Å². The zero-order chi connectivity index (χ0) is 16.7. The van der Waals surface area contributed by atoms with Crippen LogP contribution < -0.4 is 0 Å². The average Bonchev–Trinajstić information content (AvgIpc) is 2.61. The van der Waals surface area contributed by atoms with Gasteiger partial charge in [0.05, 0.1) is 0 Å². The summed E-state index contributed by atoms with van der Waals surface area (Å²) in [6.07, 6.45) is 0.740. The predicted octanol–water partition coefficient (Wildman–Crippen LogP) is 2.92. The van der Waals surface area contributed by atoms with E-state index in [0.717, 1.165) is 6.42 Å². The predicted molar refractivity (Wildman–Crippen MR) is 91.4 cm³/mol. The maximum atomic E-state index is 12.2. The largest absolute Gasteiger partial charge is 0.342 e. The number of hydrogen-bond acceptors (Lipinski definition) is 2. The maximum absolute atomic E-state index is 12.2. The maximum Gasteiger partial charge on any atom is 0.253 e. The zero-order valence-corrected chi connectivity index (χ0v) is 13.6. The van der Waals surface area contributed by atoms with E-state index in [0.29, 0.717) is 24.2 Å². The van der Waals surface area contributed by atoms with E-state index in [-0.39, 0.29) is 11.8 Å². The SMILES string of the molecule is CN(CCCN(C)C(=O)c1ccccc1)C(=O)c1ccccc1. The van der Waals surface area contributed by atoms with Crippen LogP contribution in [0.2, 0.25) is 0 Å². The van der Waals surface area contributed by atoms with Crippen molar-refractivity contribution in [1.29, 1.82) is 0 Å². The lowest BCUT2D eigenvalue weighted by molar-refractivity contribution is 0.0764. The first-order valence-electron chi connectivity index (χ1n) is 7.70. The van der Waals surface area contributed by atoms with Gasteiger partial charge in [0.2, 0.25) is 0 Å². The monoisotopic (exact) mass is 310 g/mol. The van der Waals surface area contributed by atoms with Crippen LogP contribution in [0.5, 0.6) is 0 Å². The van der Waals surface area contributed by atoms with Gasteiger partial charge in [-0.15, -0.1) is 0 Å². The molecule has 0 spiro atoms. The molecule has 120 valence electrons. The third-order valence-electron chi connectivity index (χ3n) is 3.72. The van der Waals surface area contributed by atoms with Gasteiger partial charge < -0.3 is 9.80 Å². The molecule has 0 aromatic heterocycles. The first-order valence-corrected chi connectivity index (χ1v) is 7.70. The van der Waals surface area contributed by atoms with Crippen LogP contribution in [0.1, 0.15) is 27.1 Å². The molecular formula is C19H22N2O2. The number of carbonyl (C=O) groups excluding carboxylic acids is 2. The van der Waals surface area contributed by atoms with Crippen molar-refractivity contribution in [2.45, 2.75) is 6.42 Å². The van der Waals surface area contributed by atoms with Crippen LogP contribution >= 0.6 is 0 Å². The van der Waals surface area contributed by atoms with Gasteiger partial charge in [0.25, 0.3) is 11.8 Å². The Morgan fingerprint density at radius 1 is 0.696 bits per heavy atom. The minimum Gasteiger partial charge on any atom is -0.342 e. The van der Waals surface area contributed by atoms with E-state index in [9.17, 15) is 9.59 Å². The molecule has 0 aliphatic rings. The van der Waals surface area contributed by atoms with E-state index in [1.165, 1.54) is 0 Å². The highest BCUT2D eigenvalue weighted by Gasteiger charge is 2.13. The second kappa shape index (κ2) is 8.13. The fourth-order valence-corrected chi connectivity index (χ4v) is 2.35. The molecular weight excluding hydrogens is 288 g/mol. The minimum absolute atomic E-state index is 0.00244. The third kappa shape index (κ3) is 4.68. The van der Waals surface area contributed by atoms with Crippen molar-refractivity contribution in [2.24, 2.45) is 0 Å². The molecule has 23 heavy (non-hydrogen) atoms. The normalized spacial score (nSPS) is 10.2. The summed E-state index contributed by atoms with van der Waals surface area (Å²) in [7, 11) is 3.57. The summed E-state index contributed by atoms with van der Waals surface area (Å²) in [5, 5.41) is 0. The van der Waals surface area contributed by atoms with Crippen LogP contribution in [-0.4, -0.2) is 48.8 Å². The Hall–Kier alpha value is -2.62. The Kier molecular flexibility index (Phi) is 5.92. The number of benzene rings is 2. The van der Waals surface area contributed by atoms with Crippen molar-refractivity contribution >= 4 is 11.8 Å². The molecule has 0 saturated carbocycles. The third-order valence-corrected chi connectivity index (χ3v) is 3.72. The van der Waals surface area contributed by atoms with E-state index < -0.39 is 0 Å². The molecule has 0 unspecified atom stereocenters. The van der Waals surface area contributed by atoms with Crippen LogP contribution in [0.4, 0.5) is 0 Å². The highest BCUT2D eigenvalue weighted by atomic mass is 16.2. The summed E-state index contributed by atoms with van der Waals surface area (Å²) in [6.45, 7) is 1.22. The summed E-state index contributed by atoms with van der Waals surface area (Å²) >= 11 is 0. The van der Waals surface area contributed by atoms with E-state index in [4.69, 9.17) is 0 Å². The zero-order valence-electron chi connectivity index (χ0n) is 13.6. The highest BCUT2D eigenvalue weighted by molar-refractivity contribution is 5.94. The number of nitrogens with zero attached hydrogens (tertiary/aromatic N) is 2. The van der Waals surface area contributed by atoms with Gasteiger partial charge in [-0.05, 0) is 30.7 Å². The molecule has 2 aromatic carbocycles. The highest BCUT2D eigenvalue weighted by Crippen LogP contribution is 2.06. The van der Waals surface area contributed by atoms with Crippen LogP contribution in [0.3, 0.4) is 0 Å². The van der Waals surface area contributed by atoms with Crippen LogP contribution in [0.25, 0.3) is 0 Å². The number of hydrogen-bond donors (Lipinski definition) is 0. The lowest BCUT2D eigenvalue weighted by atomic mass is 10.2. The van der Waals surface area contributed by atoms with Gasteiger partial charge in [-0.2, -0.15) is 0 Å². The molecule has 0 bridgehead atoms. The fourth-order valence-electron chi connectivity index (χ4n) is 2.35. The standard InChI is InChI=1S/C19H22N2O2/c1-20(18(22)16-10-5-3-6-11-16)14-9-15-21(2)19(23)17-12-7-4-8-13-17/h3-8,10-13H,9,14-15H2,1-2H3. The van der Waals surface area contributed by atoms with E-state index in [1.54, 1.807) is 23.9 Å². The molecule has 0 aliphatic heterocycles. The van der Waals surface area contributed by atoms with Crippen molar-refractivity contribution in [3.05, 3.63) is 71.8 Å². The van der Waals surface area contributed by atoms with Gasteiger partial charge in [0, 0.05) is 38.3 Å². The van der Waals surface area contributed by atoms with Crippen molar-refractivity contribution in [3.63, 3.8) is 0 Å². The summed E-state index contributed by atoms with van der Waals surface area (Å²) in [5.74, 6) is 0.00489. The quantitative estimate of drug-likeness (QED) is 0.823. The lowest BCUT2D eigenvalue weighted by Crippen LogP contribution is -2.32. The van der Waals surface area contributed by atoms with Crippen molar-refractivity contribution in [3.8, 4) is 0 Å². The molecule has 0 N–H and O–H groups in total. The first kappa shape index (κ1) is 16.7. The molecule has 4 nitrogen and oxygen atoms in total. The second-order valence-corrected chi connectivity index (χ2v) is 5.54. The van der Waals surface area contributed by atoms with Crippen LogP contribution in [0.15, 0.2) is 60.7 Å². The molecule has 0 aliphatic carbocycles. The Morgan fingerprint density at radius 2 is 1.04 bits per heavy atom. The van der Waals surface area contributed by atoms with Gasteiger partial charge in [-0.25, -0.2) is 0 Å². The van der Waals surface area contributed by atoms with Crippen LogP contribution in [0, 0.1) is 0 Å². The average molecular weight is 310 g/mol. The second-order valence-electron chi connectivity index (χ2n) is 5.54. The Bertz CT molecular complexity index is 583. The Balaban J connectivity index is 1.80. The molecule has 2 aromatic rings. The molecule has 2 amide bonds. The lowest BCUT2D eigenvalue weighted by Gasteiger charge is -2.21. The molecule has 4 heteroatoms. The van der Waals surface area contributed by atoms with Crippen molar-refractivity contribution < 1.29 is 9.59 Å². The molecule has 0 atom stereocenters.